The number of rotatable bonds is 6. The Labute approximate surface area is 169 Å². The van der Waals surface area contributed by atoms with Gasteiger partial charge in [0.05, 0.1) is 23.8 Å². The lowest BCUT2D eigenvalue weighted by atomic mass is 10.0. The second-order valence-electron chi connectivity index (χ2n) is 7.16. The number of methoxy groups -OCH3 is 1. The lowest BCUT2D eigenvalue weighted by Crippen LogP contribution is -2.30. The van der Waals surface area contributed by atoms with Crippen molar-refractivity contribution in [2.24, 2.45) is 0 Å². The number of ether oxygens (including phenoxy) is 3. The van der Waals surface area contributed by atoms with Crippen LogP contribution in [-0.2, 0) is 11.3 Å². The Morgan fingerprint density at radius 2 is 2.00 bits per heavy atom. The average Bonchev–Trinajstić information content (AvgIpc) is 3.07. The molecule has 0 aliphatic carbocycles. The van der Waals surface area contributed by atoms with Gasteiger partial charge >= 0.3 is 0 Å². The summed E-state index contributed by atoms with van der Waals surface area (Å²) in [5.74, 6) is 0.988. The highest BCUT2D eigenvalue weighted by Crippen LogP contribution is 2.33. The highest BCUT2D eigenvalue weighted by Gasteiger charge is 2.31. The van der Waals surface area contributed by atoms with E-state index in [4.69, 9.17) is 14.2 Å². The summed E-state index contributed by atoms with van der Waals surface area (Å²) < 4.78 is 16.2. The monoisotopic (exact) mass is 396 g/mol. The van der Waals surface area contributed by atoms with Gasteiger partial charge in [0.15, 0.2) is 11.5 Å². The first kappa shape index (κ1) is 19.3. The third kappa shape index (κ3) is 3.78. The minimum absolute atomic E-state index is 0.130. The molecule has 1 atom stereocenters. The van der Waals surface area contributed by atoms with Gasteiger partial charge in [-0.3, -0.25) is 9.59 Å². The van der Waals surface area contributed by atoms with Gasteiger partial charge in [-0.05, 0) is 36.2 Å². The van der Waals surface area contributed by atoms with Gasteiger partial charge in [-0.2, -0.15) is 0 Å². The van der Waals surface area contributed by atoms with E-state index in [1.807, 2.05) is 37.3 Å². The maximum atomic E-state index is 13.0. The van der Waals surface area contributed by atoms with Crippen LogP contribution in [0.4, 0.5) is 0 Å². The third-order valence-electron chi connectivity index (χ3n) is 5.24. The molecule has 7 heteroatoms. The Hall–Kier alpha value is -3.06. The lowest BCUT2D eigenvalue weighted by molar-refractivity contribution is 0.0715. The van der Waals surface area contributed by atoms with E-state index in [0.717, 1.165) is 11.1 Å². The molecule has 0 saturated carbocycles. The first-order valence-electron chi connectivity index (χ1n) is 9.69. The Kier molecular flexibility index (Phi) is 5.40. The third-order valence-corrected chi connectivity index (χ3v) is 5.24. The van der Waals surface area contributed by atoms with Crippen molar-refractivity contribution < 1.29 is 23.8 Å². The average molecular weight is 396 g/mol. The maximum Gasteiger partial charge on any atom is 0.255 e. The topological polar surface area (TPSA) is 77.1 Å². The number of nitrogens with zero attached hydrogens (tertiary/aromatic N) is 1. The molecule has 0 radical (unpaired) electrons. The van der Waals surface area contributed by atoms with Crippen molar-refractivity contribution in [1.82, 2.24) is 10.2 Å². The molecule has 2 aromatic rings. The van der Waals surface area contributed by atoms with Crippen molar-refractivity contribution in [2.45, 2.75) is 19.5 Å². The van der Waals surface area contributed by atoms with Crippen LogP contribution in [0.5, 0.6) is 11.5 Å². The SMILES string of the molecule is COCCN1Cc2cccc(C(=O)NC(C)c3ccc4c(c3)OCCO4)c2C1=O. The van der Waals surface area contributed by atoms with E-state index in [1.54, 1.807) is 18.1 Å². The number of carbonyl (C=O) groups is 2. The van der Waals surface area contributed by atoms with Gasteiger partial charge < -0.3 is 24.4 Å². The predicted molar refractivity (Wildman–Crippen MR) is 106 cm³/mol. The summed E-state index contributed by atoms with van der Waals surface area (Å²) in [5.41, 5.74) is 2.65. The molecule has 2 heterocycles. The van der Waals surface area contributed by atoms with Crippen molar-refractivity contribution in [1.29, 1.82) is 0 Å². The fraction of sp³-hybridized carbons (Fsp3) is 0.364. The van der Waals surface area contributed by atoms with E-state index in [-0.39, 0.29) is 17.9 Å². The molecule has 0 bridgehead atoms. The van der Waals surface area contributed by atoms with Gasteiger partial charge in [-0.15, -0.1) is 0 Å². The Morgan fingerprint density at radius 1 is 1.21 bits per heavy atom. The smallest absolute Gasteiger partial charge is 0.255 e. The summed E-state index contributed by atoms with van der Waals surface area (Å²) in [5, 5.41) is 3.00. The van der Waals surface area contributed by atoms with Crippen LogP contribution in [0, 0.1) is 0 Å². The van der Waals surface area contributed by atoms with Crippen molar-refractivity contribution >= 4 is 11.8 Å². The number of hydrogen-bond acceptors (Lipinski definition) is 5. The maximum absolute atomic E-state index is 13.0. The van der Waals surface area contributed by atoms with Crippen LogP contribution in [0.1, 0.15) is 44.8 Å². The standard InChI is InChI=1S/C22H24N2O5/c1-14(15-6-7-18-19(12-15)29-11-10-28-18)23-21(25)17-5-3-4-16-13-24(8-9-27-2)22(26)20(16)17/h3-7,12,14H,8-11,13H2,1-2H3,(H,23,25). The molecule has 2 aliphatic rings. The molecule has 2 aromatic carbocycles. The van der Waals surface area contributed by atoms with Crippen molar-refractivity contribution in [3.8, 4) is 11.5 Å². The van der Waals surface area contributed by atoms with E-state index in [2.05, 4.69) is 5.32 Å². The van der Waals surface area contributed by atoms with Crippen LogP contribution >= 0.6 is 0 Å². The fourth-order valence-electron chi connectivity index (χ4n) is 3.68. The van der Waals surface area contributed by atoms with Crippen LogP contribution in [0.3, 0.4) is 0 Å². The van der Waals surface area contributed by atoms with Gasteiger partial charge in [0.2, 0.25) is 0 Å². The first-order valence-corrected chi connectivity index (χ1v) is 9.69. The van der Waals surface area contributed by atoms with Gasteiger partial charge in [0.1, 0.15) is 13.2 Å². The molecule has 4 rings (SSSR count). The molecule has 7 nitrogen and oxygen atoms in total. The molecule has 0 spiro atoms. The van der Waals surface area contributed by atoms with E-state index < -0.39 is 0 Å². The largest absolute Gasteiger partial charge is 0.486 e. The van der Waals surface area contributed by atoms with Crippen LogP contribution < -0.4 is 14.8 Å². The van der Waals surface area contributed by atoms with Crippen molar-refractivity contribution in [2.75, 3.05) is 33.5 Å². The zero-order valence-electron chi connectivity index (χ0n) is 16.6. The summed E-state index contributed by atoms with van der Waals surface area (Å²) in [6.45, 7) is 4.40. The minimum Gasteiger partial charge on any atom is -0.486 e. The number of fused-ring (bicyclic) bond motifs is 2. The Bertz CT molecular complexity index is 943. The fourth-order valence-corrected chi connectivity index (χ4v) is 3.68. The van der Waals surface area contributed by atoms with Gasteiger partial charge in [0, 0.05) is 20.2 Å². The number of hydrogen-bond donors (Lipinski definition) is 1. The van der Waals surface area contributed by atoms with E-state index in [1.165, 1.54) is 0 Å². The molecule has 0 aromatic heterocycles. The highest BCUT2D eigenvalue weighted by molar-refractivity contribution is 6.09. The minimum atomic E-state index is -0.272. The van der Waals surface area contributed by atoms with E-state index in [9.17, 15) is 9.59 Å². The summed E-state index contributed by atoms with van der Waals surface area (Å²) in [4.78, 5) is 27.5. The molecule has 0 fully saturated rings. The zero-order chi connectivity index (χ0) is 20.4. The number of nitrogens with one attached hydrogen (secondary N) is 1. The predicted octanol–water partition coefficient (Wildman–Crippen LogP) is 2.55. The van der Waals surface area contributed by atoms with Gasteiger partial charge in [0.25, 0.3) is 11.8 Å². The molecule has 152 valence electrons. The second kappa shape index (κ2) is 8.13. The quantitative estimate of drug-likeness (QED) is 0.812. The van der Waals surface area contributed by atoms with Crippen LogP contribution in [-0.4, -0.2) is 50.2 Å². The summed E-state index contributed by atoms with van der Waals surface area (Å²) >= 11 is 0. The number of benzene rings is 2. The number of carbonyl (C=O) groups excluding carboxylic acids is 2. The lowest BCUT2D eigenvalue weighted by Gasteiger charge is -2.21. The molecule has 1 unspecified atom stereocenters. The first-order chi connectivity index (χ1) is 14.1. The molecule has 1 N–H and O–H groups in total. The van der Waals surface area contributed by atoms with E-state index >= 15 is 0 Å². The van der Waals surface area contributed by atoms with Crippen LogP contribution in [0.15, 0.2) is 36.4 Å². The van der Waals surface area contributed by atoms with Gasteiger partial charge in [-0.1, -0.05) is 18.2 Å². The van der Waals surface area contributed by atoms with Crippen LogP contribution in [0.2, 0.25) is 0 Å². The Balaban J connectivity index is 1.51. The molecular formula is C22H24N2O5. The molecule has 2 amide bonds. The summed E-state index contributed by atoms with van der Waals surface area (Å²) in [6.07, 6.45) is 0. The molecule has 0 saturated heterocycles. The van der Waals surface area contributed by atoms with Crippen molar-refractivity contribution in [3.63, 3.8) is 0 Å². The summed E-state index contributed by atoms with van der Waals surface area (Å²) in [6, 6.07) is 10.8. The molecule has 29 heavy (non-hydrogen) atoms. The van der Waals surface area contributed by atoms with E-state index in [0.29, 0.717) is 55.5 Å². The number of amides is 2. The highest BCUT2D eigenvalue weighted by atomic mass is 16.6. The normalized spacial score (nSPS) is 15.8. The Morgan fingerprint density at radius 3 is 2.79 bits per heavy atom. The molecule has 2 aliphatic heterocycles. The van der Waals surface area contributed by atoms with Crippen molar-refractivity contribution in [3.05, 3.63) is 58.7 Å². The van der Waals surface area contributed by atoms with Gasteiger partial charge in [-0.25, -0.2) is 0 Å². The zero-order valence-corrected chi connectivity index (χ0v) is 16.6. The molecular weight excluding hydrogens is 372 g/mol. The summed E-state index contributed by atoms with van der Waals surface area (Å²) in [7, 11) is 1.60. The second-order valence-corrected chi connectivity index (χ2v) is 7.16. The van der Waals surface area contributed by atoms with Crippen LogP contribution in [0.25, 0.3) is 0 Å².